The van der Waals surface area contributed by atoms with Crippen molar-refractivity contribution in [1.29, 1.82) is 0 Å². The molecule has 0 spiro atoms. The molecule has 0 bridgehead atoms. The second-order valence-corrected chi connectivity index (χ2v) is 8.96. The molecule has 1 atom stereocenters. The van der Waals surface area contributed by atoms with Crippen LogP contribution in [0.4, 0.5) is 10.1 Å². The number of halogens is 1. The zero-order valence-electron chi connectivity index (χ0n) is 13.8. The Morgan fingerprint density at radius 3 is 2.62 bits per heavy atom. The smallest absolute Gasteiger partial charge is 0.228 e. The average molecular weight is 354 g/mol. The molecule has 1 aliphatic carbocycles. The molecular formula is C17H23FN2O3S. The van der Waals surface area contributed by atoms with E-state index in [1.807, 2.05) is 0 Å². The van der Waals surface area contributed by atoms with E-state index in [-0.39, 0.29) is 29.4 Å². The van der Waals surface area contributed by atoms with Gasteiger partial charge in [0.15, 0.2) is 0 Å². The molecule has 0 unspecified atom stereocenters. The predicted octanol–water partition coefficient (Wildman–Crippen LogP) is 2.67. The van der Waals surface area contributed by atoms with E-state index < -0.39 is 10.0 Å². The molecule has 0 aromatic heterocycles. The number of anilines is 1. The largest absolute Gasteiger partial charge is 0.326 e. The number of nitrogens with zero attached hydrogens (tertiary/aromatic N) is 1. The summed E-state index contributed by atoms with van der Waals surface area (Å²) >= 11 is 0. The molecule has 1 saturated heterocycles. The Morgan fingerprint density at radius 1 is 1.25 bits per heavy atom. The van der Waals surface area contributed by atoms with Crippen molar-refractivity contribution in [2.45, 2.75) is 44.3 Å². The first kappa shape index (κ1) is 17.4. The highest BCUT2D eigenvalue weighted by Crippen LogP contribution is 2.30. The molecule has 24 heavy (non-hydrogen) atoms. The summed E-state index contributed by atoms with van der Waals surface area (Å²) in [6.45, 7) is 2.28. The zero-order chi connectivity index (χ0) is 17.3. The van der Waals surface area contributed by atoms with Crippen LogP contribution in [0.15, 0.2) is 18.2 Å². The zero-order valence-corrected chi connectivity index (χ0v) is 14.6. The van der Waals surface area contributed by atoms with Gasteiger partial charge in [0.1, 0.15) is 5.82 Å². The highest BCUT2D eigenvalue weighted by Gasteiger charge is 2.40. The lowest BCUT2D eigenvalue weighted by Crippen LogP contribution is -2.37. The summed E-state index contributed by atoms with van der Waals surface area (Å²) in [6, 6.07) is 4.41. The van der Waals surface area contributed by atoms with E-state index in [0.717, 1.165) is 25.7 Å². The van der Waals surface area contributed by atoms with Gasteiger partial charge in [-0.15, -0.1) is 0 Å². The second kappa shape index (κ2) is 6.80. The number of hydrogen-bond donors (Lipinski definition) is 1. The Balaban J connectivity index is 1.62. The van der Waals surface area contributed by atoms with Gasteiger partial charge in [0.2, 0.25) is 15.9 Å². The van der Waals surface area contributed by atoms with Crippen LogP contribution in [0, 0.1) is 18.7 Å². The van der Waals surface area contributed by atoms with Crippen LogP contribution in [0.3, 0.4) is 0 Å². The van der Waals surface area contributed by atoms with Gasteiger partial charge in [0.25, 0.3) is 0 Å². The normalized spacial score (nSPS) is 22.8. The highest BCUT2D eigenvalue weighted by molar-refractivity contribution is 7.89. The number of carbonyl (C=O) groups is 1. The molecule has 5 nitrogen and oxygen atoms in total. The van der Waals surface area contributed by atoms with Gasteiger partial charge in [-0.3, -0.25) is 4.79 Å². The minimum absolute atomic E-state index is 0.204. The number of benzene rings is 1. The van der Waals surface area contributed by atoms with Gasteiger partial charge in [0.05, 0.1) is 11.2 Å². The molecule has 7 heteroatoms. The maximum atomic E-state index is 13.3. The Morgan fingerprint density at radius 2 is 1.96 bits per heavy atom. The minimum Gasteiger partial charge on any atom is -0.326 e. The molecule has 3 rings (SSSR count). The van der Waals surface area contributed by atoms with Gasteiger partial charge < -0.3 is 5.32 Å². The van der Waals surface area contributed by atoms with Crippen molar-refractivity contribution in [2.75, 3.05) is 18.4 Å². The maximum Gasteiger partial charge on any atom is 0.228 e. The lowest BCUT2D eigenvalue weighted by molar-refractivity contribution is -0.119. The SMILES string of the molecule is Cc1cc(NC(=O)[C@H]2CCN(S(=O)(=O)C3CCCC3)C2)ccc1F. The number of nitrogens with one attached hydrogen (secondary N) is 1. The number of hydrogen-bond acceptors (Lipinski definition) is 3. The molecule has 2 fully saturated rings. The molecule has 1 aromatic carbocycles. The third-order valence-electron chi connectivity index (χ3n) is 5.03. The van der Waals surface area contributed by atoms with Gasteiger partial charge in [-0.2, -0.15) is 0 Å². The lowest BCUT2D eigenvalue weighted by atomic mass is 10.1. The highest BCUT2D eigenvalue weighted by atomic mass is 32.2. The Kier molecular flexibility index (Phi) is 4.92. The van der Waals surface area contributed by atoms with E-state index in [2.05, 4.69) is 5.32 Å². The lowest BCUT2D eigenvalue weighted by Gasteiger charge is -2.21. The van der Waals surface area contributed by atoms with Crippen LogP contribution in [-0.4, -0.2) is 37.0 Å². The molecular weight excluding hydrogens is 331 g/mol. The van der Waals surface area contributed by atoms with Crippen molar-refractivity contribution in [1.82, 2.24) is 4.31 Å². The molecule has 1 heterocycles. The molecule has 1 aliphatic heterocycles. The van der Waals surface area contributed by atoms with Crippen LogP contribution in [0.25, 0.3) is 0 Å². The third-order valence-corrected chi connectivity index (χ3v) is 7.40. The van der Waals surface area contributed by atoms with Crippen molar-refractivity contribution in [3.05, 3.63) is 29.6 Å². The first-order chi connectivity index (χ1) is 11.4. The quantitative estimate of drug-likeness (QED) is 0.904. The third kappa shape index (κ3) is 3.47. The van der Waals surface area contributed by atoms with E-state index >= 15 is 0 Å². The number of rotatable bonds is 4. The summed E-state index contributed by atoms with van der Waals surface area (Å²) in [6.07, 6.45) is 3.91. The van der Waals surface area contributed by atoms with Crippen LogP contribution in [0.1, 0.15) is 37.7 Å². The summed E-state index contributed by atoms with van der Waals surface area (Å²) in [5.74, 6) is -0.876. The Bertz CT molecular complexity index is 729. The van der Waals surface area contributed by atoms with E-state index in [4.69, 9.17) is 0 Å². The molecule has 2 aliphatic rings. The van der Waals surface area contributed by atoms with Crippen molar-refractivity contribution in [3.63, 3.8) is 0 Å². The average Bonchev–Trinajstić information content (AvgIpc) is 3.22. The van der Waals surface area contributed by atoms with Crippen molar-refractivity contribution in [2.24, 2.45) is 5.92 Å². The first-order valence-electron chi connectivity index (χ1n) is 8.44. The minimum atomic E-state index is -3.29. The number of carbonyl (C=O) groups excluding carboxylic acids is 1. The molecule has 1 N–H and O–H groups in total. The first-order valence-corrected chi connectivity index (χ1v) is 9.94. The predicted molar refractivity (Wildman–Crippen MR) is 90.6 cm³/mol. The fourth-order valence-corrected chi connectivity index (χ4v) is 5.64. The van der Waals surface area contributed by atoms with Crippen LogP contribution in [-0.2, 0) is 14.8 Å². The van der Waals surface area contributed by atoms with Crippen molar-refractivity contribution < 1.29 is 17.6 Å². The molecule has 1 amide bonds. The van der Waals surface area contributed by atoms with Crippen molar-refractivity contribution in [3.8, 4) is 0 Å². The van der Waals surface area contributed by atoms with Gasteiger partial charge in [0, 0.05) is 18.8 Å². The topological polar surface area (TPSA) is 66.5 Å². The fourth-order valence-electron chi connectivity index (χ4n) is 3.54. The van der Waals surface area contributed by atoms with E-state index in [1.165, 1.54) is 16.4 Å². The Labute approximate surface area is 142 Å². The summed E-state index contributed by atoms with van der Waals surface area (Å²) in [4.78, 5) is 12.4. The Hall–Kier alpha value is -1.47. The summed E-state index contributed by atoms with van der Waals surface area (Å²) < 4.78 is 39.9. The number of amides is 1. The standard InChI is InChI=1S/C17H23FN2O3S/c1-12-10-14(6-7-16(12)18)19-17(21)13-8-9-20(11-13)24(22,23)15-4-2-3-5-15/h6-7,10,13,15H,2-5,8-9,11H2,1H3,(H,19,21)/t13-/m0/s1. The van der Waals surface area contributed by atoms with E-state index in [9.17, 15) is 17.6 Å². The van der Waals surface area contributed by atoms with E-state index in [0.29, 0.717) is 24.2 Å². The van der Waals surface area contributed by atoms with Crippen LogP contribution in [0.5, 0.6) is 0 Å². The van der Waals surface area contributed by atoms with Gasteiger partial charge in [-0.25, -0.2) is 17.1 Å². The van der Waals surface area contributed by atoms with Crippen LogP contribution in [0.2, 0.25) is 0 Å². The van der Waals surface area contributed by atoms with Gasteiger partial charge >= 0.3 is 0 Å². The number of aryl methyl sites for hydroxylation is 1. The number of sulfonamides is 1. The molecule has 1 aromatic rings. The van der Waals surface area contributed by atoms with E-state index in [1.54, 1.807) is 13.0 Å². The molecule has 0 radical (unpaired) electrons. The second-order valence-electron chi connectivity index (χ2n) is 6.75. The molecule has 132 valence electrons. The summed E-state index contributed by atoms with van der Waals surface area (Å²) in [7, 11) is -3.29. The van der Waals surface area contributed by atoms with Gasteiger partial charge in [-0.05, 0) is 49.9 Å². The summed E-state index contributed by atoms with van der Waals surface area (Å²) in [5, 5.41) is 2.49. The fraction of sp³-hybridized carbons (Fsp3) is 0.588. The maximum absolute atomic E-state index is 13.3. The molecule has 1 saturated carbocycles. The monoisotopic (exact) mass is 354 g/mol. The van der Waals surface area contributed by atoms with Crippen molar-refractivity contribution >= 4 is 21.6 Å². The summed E-state index contributed by atoms with van der Waals surface area (Å²) in [5.41, 5.74) is 1.00. The van der Waals surface area contributed by atoms with Crippen LogP contribution < -0.4 is 5.32 Å². The van der Waals surface area contributed by atoms with Gasteiger partial charge in [-0.1, -0.05) is 12.8 Å². The van der Waals surface area contributed by atoms with Crippen LogP contribution >= 0.6 is 0 Å².